The van der Waals surface area contributed by atoms with Crippen molar-refractivity contribution in [2.24, 2.45) is 46.3 Å². The lowest BCUT2D eigenvalue weighted by atomic mass is 9.43. The van der Waals surface area contributed by atoms with Crippen LogP contribution >= 0.6 is 0 Å². The topological polar surface area (TPSA) is 79.1 Å². The van der Waals surface area contributed by atoms with Crippen molar-refractivity contribution in [2.75, 3.05) is 0 Å². The molecule has 2 aromatic heterocycles. The summed E-state index contributed by atoms with van der Waals surface area (Å²) in [6.45, 7) is 7.34. The average Bonchev–Trinajstić information content (AvgIpc) is 3.22. The molecule has 0 aromatic carbocycles. The van der Waals surface area contributed by atoms with E-state index in [1.807, 2.05) is 18.3 Å². The number of nitrogens with zero attached hydrogens (tertiary/aromatic N) is 3. The molecule has 0 spiro atoms. The molecule has 2 heterocycles. The first-order valence-electron chi connectivity index (χ1n) is 14.2. The number of aliphatic hydroxyl groups excluding tert-OH is 2. The predicted molar refractivity (Wildman–Crippen MR) is 137 cm³/mol. The van der Waals surface area contributed by atoms with Crippen LogP contribution in [0.25, 0.3) is 11.0 Å². The molecule has 0 amide bonds. The largest absolute Gasteiger partial charge is 0.393 e. The van der Waals surface area contributed by atoms with Crippen molar-refractivity contribution in [1.82, 2.24) is 15.0 Å². The van der Waals surface area contributed by atoms with E-state index in [4.69, 9.17) is 4.98 Å². The SMILES string of the molecule is C[C@H](CCc1ncc2cccnc2n1)[C@H]1CC[C@H]2[C@@H]3CC[C@@H]4C[C@H](O)CC[C@]4(C)C3C[C@H](O)[C@]12C. The number of aryl methyl sites for hydroxylation is 1. The van der Waals surface area contributed by atoms with Gasteiger partial charge in [0.25, 0.3) is 0 Å². The monoisotopic (exact) mass is 477 g/mol. The van der Waals surface area contributed by atoms with Crippen molar-refractivity contribution in [3.05, 3.63) is 30.4 Å². The van der Waals surface area contributed by atoms with Crippen LogP contribution in [0.2, 0.25) is 0 Å². The minimum absolute atomic E-state index is 0.0176. The second kappa shape index (κ2) is 8.76. The molecule has 6 rings (SSSR count). The zero-order valence-electron chi connectivity index (χ0n) is 21.7. The zero-order valence-corrected chi connectivity index (χ0v) is 21.7. The van der Waals surface area contributed by atoms with Gasteiger partial charge in [0.15, 0.2) is 5.65 Å². The minimum atomic E-state index is -0.216. The van der Waals surface area contributed by atoms with E-state index in [1.165, 1.54) is 25.7 Å². The first-order chi connectivity index (χ1) is 16.8. The van der Waals surface area contributed by atoms with E-state index in [-0.39, 0.29) is 17.6 Å². The maximum absolute atomic E-state index is 11.8. The fourth-order valence-corrected chi connectivity index (χ4v) is 9.74. The molecule has 2 N–H and O–H groups in total. The predicted octanol–water partition coefficient (Wildman–Crippen LogP) is 5.58. The maximum atomic E-state index is 11.8. The molecular weight excluding hydrogens is 434 g/mol. The highest BCUT2D eigenvalue weighted by molar-refractivity contribution is 5.72. The van der Waals surface area contributed by atoms with Gasteiger partial charge in [0.1, 0.15) is 5.82 Å². The van der Waals surface area contributed by atoms with Crippen LogP contribution < -0.4 is 0 Å². The Kier molecular flexibility index (Phi) is 5.95. The summed E-state index contributed by atoms with van der Waals surface area (Å²) in [7, 11) is 0. The van der Waals surface area contributed by atoms with E-state index in [1.54, 1.807) is 6.20 Å². The summed E-state index contributed by atoms with van der Waals surface area (Å²) in [4.78, 5) is 13.7. The summed E-state index contributed by atoms with van der Waals surface area (Å²) in [5.41, 5.74) is 1.10. The molecule has 4 aliphatic rings. The van der Waals surface area contributed by atoms with Gasteiger partial charge in [0.2, 0.25) is 0 Å². The Balaban J connectivity index is 1.18. The second-order valence-corrected chi connectivity index (χ2v) is 13.1. The van der Waals surface area contributed by atoms with Crippen molar-refractivity contribution in [3.8, 4) is 0 Å². The lowest BCUT2D eigenvalue weighted by Gasteiger charge is -2.62. The Morgan fingerprint density at radius 1 is 1.03 bits per heavy atom. The van der Waals surface area contributed by atoms with Crippen LogP contribution in [-0.4, -0.2) is 37.4 Å². The van der Waals surface area contributed by atoms with E-state index in [0.29, 0.717) is 35.0 Å². The van der Waals surface area contributed by atoms with Crippen LogP contribution in [0, 0.1) is 46.3 Å². The fourth-order valence-electron chi connectivity index (χ4n) is 9.74. The summed E-state index contributed by atoms with van der Waals surface area (Å²) in [5.74, 6) is 4.61. The molecule has 0 aliphatic heterocycles. The lowest BCUT2D eigenvalue weighted by Crippen LogP contribution is -2.58. The first kappa shape index (κ1) is 23.8. The molecule has 1 unspecified atom stereocenters. The van der Waals surface area contributed by atoms with Crippen LogP contribution in [0.4, 0.5) is 0 Å². The summed E-state index contributed by atoms with van der Waals surface area (Å²) >= 11 is 0. The van der Waals surface area contributed by atoms with Gasteiger partial charge in [-0.15, -0.1) is 0 Å². The third kappa shape index (κ3) is 3.75. The van der Waals surface area contributed by atoms with Crippen LogP contribution in [-0.2, 0) is 6.42 Å². The van der Waals surface area contributed by atoms with Gasteiger partial charge in [-0.25, -0.2) is 15.0 Å². The number of fused-ring (bicyclic) bond motifs is 6. The zero-order chi connectivity index (χ0) is 24.4. The van der Waals surface area contributed by atoms with Crippen LogP contribution in [0.5, 0.6) is 0 Å². The first-order valence-corrected chi connectivity index (χ1v) is 14.2. The molecule has 0 bridgehead atoms. The quantitative estimate of drug-likeness (QED) is 0.601. The van der Waals surface area contributed by atoms with E-state index in [2.05, 4.69) is 30.7 Å². The standard InChI is InChI=1S/C30H43N3O2/c1-18(6-11-27-32-17-19-5-4-14-31-28(19)33-27)23-9-10-24-22-8-7-20-15-21(34)12-13-29(20,2)25(22)16-26(35)30(23,24)3/h4-5,14,17-18,20-26,34-35H,6-13,15-16H2,1-3H3/t18-,20-,21-,22+,23-,24+,25?,26+,29+,30-/m1/s1. The van der Waals surface area contributed by atoms with Gasteiger partial charge in [0, 0.05) is 24.2 Å². The lowest BCUT2D eigenvalue weighted by molar-refractivity contribution is -0.174. The minimum Gasteiger partial charge on any atom is -0.393 e. The Bertz CT molecular complexity index is 1080. The van der Waals surface area contributed by atoms with Gasteiger partial charge in [-0.1, -0.05) is 20.8 Å². The molecule has 4 fully saturated rings. The molecule has 35 heavy (non-hydrogen) atoms. The summed E-state index contributed by atoms with van der Waals surface area (Å²) in [6.07, 6.45) is 14.4. The summed E-state index contributed by atoms with van der Waals surface area (Å²) < 4.78 is 0. The van der Waals surface area contributed by atoms with Crippen LogP contribution in [0.1, 0.15) is 84.4 Å². The molecule has 190 valence electrons. The fraction of sp³-hybridized carbons (Fsp3) is 0.767. The highest BCUT2D eigenvalue weighted by Gasteiger charge is 2.63. The molecule has 10 atom stereocenters. The van der Waals surface area contributed by atoms with Crippen molar-refractivity contribution >= 4 is 11.0 Å². The third-order valence-electron chi connectivity index (χ3n) is 11.7. The van der Waals surface area contributed by atoms with E-state index in [0.717, 1.165) is 61.3 Å². The van der Waals surface area contributed by atoms with Gasteiger partial charge in [-0.05, 0) is 116 Å². The van der Waals surface area contributed by atoms with Crippen LogP contribution in [0.15, 0.2) is 24.5 Å². The number of aromatic nitrogens is 3. The third-order valence-corrected chi connectivity index (χ3v) is 11.7. The van der Waals surface area contributed by atoms with E-state index >= 15 is 0 Å². The van der Waals surface area contributed by atoms with Crippen LogP contribution in [0.3, 0.4) is 0 Å². The number of aliphatic hydroxyl groups is 2. The molecule has 5 nitrogen and oxygen atoms in total. The van der Waals surface area contributed by atoms with E-state index in [9.17, 15) is 10.2 Å². The summed E-state index contributed by atoms with van der Waals surface area (Å²) in [6, 6.07) is 3.93. The molecule has 0 saturated heterocycles. The average molecular weight is 478 g/mol. The Morgan fingerprint density at radius 3 is 2.74 bits per heavy atom. The number of hydrogen-bond donors (Lipinski definition) is 2. The Labute approximate surface area is 210 Å². The van der Waals surface area contributed by atoms with Gasteiger partial charge in [-0.3, -0.25) is 0 Å². The second-order valence-electron chi connectivity index (χ2n) is 13.1. The highest BCUT2D eigenvalue weighted by atomic mass is 16.3. The van der Waals surface area contributed by atoms with Gasteiger partial charge >= 0.3 is 0 Å². The number of pyridine rings is 1. The van der Waals surface area contributed by atoms with Crippen molar-refractivity contribution in [1.29, 1.82) is 0 Å². The molecule has 0 radical (unpaired) electrons. The molecule has 4 aliphatic carbocycles. The Morgan fingerprint density at radius 2 is 1.89 bits per heavy atom. The number of rotatable bonds is 4. The smallest absolute Gasteiger partial charge is 0.162 e. The molecule has 5 heteroatoms. The maximum Gasteiger partial charge on any atom is 0.162 e. The normalized spacial score (nSPS) is 43.9. The van der Waals surface area contributed by atoms with Gasteiger partial charge in [0.05, 0.1) is 12.2 Å². The molecule has 2 aromatic rings. The van der Waals surface area contributed by atoms with Gasteiger partial charge in [-0.2, -0.15) is 0 Å². The number of hydrogen-bond acceptors (Lipinski definition) is 5. The van der Waals surface area contributed by atoms with Crippen molar-refractivity contribution < 1.29 is 10.2 Å². The van der Waals surface area contributed by atoms with Gasteiger partial charge < -0.3 is 10.2 Å². The van der Waals surface area contributed by atoms with Crippen molar-refractivity contribution in [2.45, 2.75) is 97.2 Å². The Hall–Kier alpha value is -1.59. The molecular formula is C30H43N3O2. The molecule has 4 saturated carbocycles. The highest BCUT2D eigenvalue weighted by Crippen LogP contribution is 2.68. The van der Waals surface area contributed by atoms with E-state index < -0.39 is 0 Å². The summed E-state index contributed by atoms with van der Waals surface area (Å²) in [5, 5.41) is 23.1. The van der Waals surface area contributed by atoms with Crippen molar-refractivity contribution in [3.63, 3.8) is 0 Å².